The number of ether oxygens (including phenoxy) is 4. The lowest BCUT2D eigenvalue weighted by atomic mass is 9.84. The summed E-state index contributed by atoms with van der Waals surface area (Å²) >= 11 is 0. The summed E-state index contributed by atoms with van der Waals surface area (Å²) in [6.07, 6.45) is 1.59. The van der Waals surface area contributed by atoms with E-state index in [2.05, 4.69) is 26.6 Å². The molecule has 1 heterocycles. The molecule has 1 fully saturated rings. The number of likely N-dealkylation sites (tertiary alicyclic amines) is 1. The molecule has 1 saturated heterocycles. The summed E-state index contributed by atoms with van der Waals surface area (Å²) in [5.41, 5.74) is 4.99. The zero-order chi connectivity index (χ0) is 39.8. The zero-order valence-corrected chi connectivity index (χ0v) is 32.3. The van der Waals surface area contributed by atoms with Gasteiger partial charge in [0, 0.05) is 51.9 Å². The maximum atomic E-state index is 12.9. The molecule has 1 unspecified atom stereocenters. The largest absolute Gasteiger partial charge is 0.379 e. The monoisotopic (exact) mass is 757 g/mol. The Bertz CT molecular complexity index is 1180. The van der Waals surface area contributed by atoms with E-state index in [0.717, 1.165) is 0 Å². The standard InChI is InChI=1S/C35H63N7O11/c1-24(2)30(32(47)40-26(31(46)37-6)8-7-11-39-34(36)49)41-28(44)10-14-50-16-18-52-20-21-53-19-17-51-15-12-38-27(43)9-13-42-29(45)22-25(33(42)48)23-35(3,4)5/h24-26,30H,7-23H2,1-6H3,(H,37,46)(H,38,43)(H,40,47)(H,41,44)(H3,36,39,49)/t25?,26-,30-/m0/s1. The lowest BCUT2D eigenvalue weighted by Gasteiger charge is -2.25. The summed E-state index contributed by atoms with van der Waals surface area (Å²) in [7, 11) is 1.45. The van der Waals surface area contributed by atoms with Gasteiger partial charge in [0.25, 0.3) is 0 Å². The highest BCUT2D eigenvalue weighted by molar-refractivity contribution is 6.03. The van der Waals surface area contributed by atoms with Crippen LogP contribution in [0.4, 0.5) is 4.79 Å². The van der Waals surface area contributed by atoms with Gasteiger partial charge in [-0.05, 0) is 30.6 Å². The minimum Gasteiger partial charge on any atom is -0.379 e. The minimum absolute atomic E-state index is 0.0276. The van der Waals surface area contributed by atoms with Crippen molar-refractivity contribution < 1.29 is 52.5 Å². The second-order valence-corrected chi connectivity index (χ2v) is 14.2. The van der Waals surface area contributed by atoms with E-state index in [4.69, 9.17) is 24.7 Å². The van der Waals surface area contributed by atoms with E-state index in [0.29, 0.717) is 59.0 Å². The summed E-state index contributed by atoms with van der Waals surface area (Å²) in [5.74, 6) is -2.50. The Morgan fingerprint density at radius 2 is 1.38 bits per heavy atom. The highest BCUT2D eigenvalue weighted by atomic mass is 16.6. The second-order valence-electron chi connectivity index (χ2n) is 14.2. The third-order valence-electron chi connectivity index (χ3n) is 8.03. The van der Waals surface area contributed by atoms with Crippen LogP contribution in [0, 0.1) is 17.3 Å². The molecule has 18 nitrogen and oxygen atoms in total. The van der Waals surface area contributed by atoms with E-state index in [1.54, 1.807) is 13.8 Å². The molecule has 0 saturated carbocycles. The Kier molecular flexibility index (Phi) is 23.1. The van der Waals surface area contributed by atoms with E-state index in [-0.39, 0.29) is 92.9 Å². The zero-order valence-electron chi connectivity index (χ0n) is 32.3. The van der Waals surface area contributed by atoms with Crippen molar-refractivity contribution in [2.45, 2.75) is 85.2 Å². The van der Waals surface area contributed by atoms with Crippen LogP contribution in [0.1, 0.15) is 73.1 Å². The molecule has 7 N–H and O–H groups in total. The van der Waals surface area contributed by atoms with Crippen LogP contribution in [-0.2, 0) is 47.7 Å². The summed E-state index contributed by atoms with van der Waals surface area (Å²) in [6.45, 7) is 12.6. The number of carbonyl (C=O) groups excluding carboxylic acids is 7. The van der Waals surface area contributed by atoms with E-state index in [1.807, 2.05) is 20.8 Å². The average Bonchev–Trinajstić information content (AvgIpc) is 3.34. The smallest absolute Gasteiger partial charge is 0.312 e. The molecule has 0 aromatic heterocycles. The Balaban J connectivity index is 2.08. The molecule has 0 aromatic rings. The fourth-order valence-corrected chi connectivity index (χ4v) is 5.38. The molecule has 0 spiro atoms. The van der Waals surface area contributed by atoms with Crippen molar-refractivity contribution in [1.29, 1.82) is 0 Å². The fraction of sp³-hybridized carbons (Fsp3) is 0.800. The van der Waals surface area contributed by atoms with Crippen molar-refractivity contribution in [1.82, 2.24) is 31.5 Å². The van der Waals surface area contributed by atoms with E-state index in [9.17, 15) is 33.6 Å². The highest BCUT2D eigenvalue weighted by Crippen LogP contribution is 2.32. The first-order valence-electron chi connectivity index (χ1n) is 18.3. The summed E-state index contributed by atoms with van der Waals surface area (Å²) < 4.78 is 21.8. The number of nitrogens with two attached hydrogens (primary N) is 1. The van der Waals surface area contributed by atoms with Crippen molar-refractivity contribution in [3.05, 3.63) is 0 Å². The molecule has 1 rings (SSSR count). The number of hydrogen-bond acceptors (Lipinski definition) is 11. The van der Waals surface area contributed by atoms with Crippen LogP contribution >= 0.6 is 0 Å². The first-order valence-corrected chi connectivity index (χ1v) is 18.3. The normalized spacial score (nSPS) is 15.6. The van der Waals surface area contributed by atoms with Crippen LogP contribution in [0.15, 0.2) is 0 Å². The molecule has 53 heavy (non-hydrogen) atoms. The van der Waals surface area contributed by atoms with Gasteiger partial charge < -0.3 is 51.3 Å². The molecule has 18 heteroatoms. The summed E-state index contributed by atoms with van der Waals surface area (Å²) in [6, 6.07) is -2.38. The SMILES string of the molecule is CNC(=O)[C@H](CCCNC(N)=O)NC(=O)[C@@H](NC(=O)CCOCCOCCOCCOCCNC(=O)CCN1C(=O)CC(CC(C)(C)C)C1=O)C(C)C. The maximum Gasteiger partial charge on any atom is 0.312 e. The topological polar surface area (TPSA) is 246 Å². The third-order valence-corrected chi connectivity index (χ3v) is 8.03. The number of nitrogens with one attached hydrogen (secondary N) is 5. The number of carbonyl (C=O) groups is 7. The number of rotatable bonds is 28. The first-order chi connectivity index (χ1) is 25.0. The van der Waals surface area contributed by atoms with Crippen molar-refractivity contribution in [2.75, 3.05) is 79.5 Å². The molecule has 0 radical (unpaired) electrons. The van der Waals surface area contributed by atoms with Crippen LogP contribution in [0.2, 0.25) is 0 Å². The molecular weight excluding hydrogens is 694 g/mol. The van der Waals surface area contributed by atoms with E-state index in [1.165, 1.54) is 11.9 Å². The average molecular weight is 758 g/mol. The Morgan fingerprint density at radius 1 is 0.792 bits per heavy atom. The first kappa shape index (κ1) is 47.2. The molecule has 0 bridgehead atoms. The fourth-order valence-electron chi connectivity index (χ4n) is 5.38. The molecule has 1 aliphatic heterocycles. The van der Waals surface area contributed by atoms with Gasteiger partial charge in [-0.3, -0.25) is 33.7 Å². The predicted molar refractivity (Wildman–Crippen MR) is 194 cm³/mol. The minimum atomic E-state index is -0.863. The number of hydrogen-bond donors (Lipinski definition) is 6. The van der Waals surface area contributed by atoms with Crippen LogP contribution in [0.25, 0.3) is 0 Å². The van der Waals surface area contributed by atoms with Gasteiger partial charge in [0.15, 0.2) is 0 Å². The van der Waals surface area contributed by atoms with Gasteiger partial charge in [-0.25, -0.2) is 4.79 Å². The molecule has 304 valence electrons. The molecule has 1 aliphatic rings. The van der Waals surface area contributed by atoms with Crippen LogP contribution in [-0.4, -0.2) is 138 Å². The molecule has 0 aliphatic carbocycles. The molecule has 0 aromatic carbocycles. The molecule has 3 atom stereocenters. The van der Waals surface area contributed by atoms with Crippen molar-refractivity contribution in [3.63, 3.8) is 0 Å². The lowest BCUT2D eigenvalue weighted by molar-refractivity contribution is -0.140. The Hall–Kier alpha value is -3.87. The van der Waals surface area contributed by atoms with Crippen LogP contribution in [0.3, 0.4) is 0 Å². The van der Waals surface area contributed by atoms with E-state index < -0.39 is 29.9 Å². The van der Waals surface area contributed by atoms with Gasteiger partial charge in [-0.2, -0.15) is 0 Å². The molecular formula is C35H63N7O11. The van der Waals surface area contributed by atoms with Crippen LogP contribution < -0.4 is 32.3 Å². The second kappa shape index (κ2) is 26.0. The van der Waals surface area contributed by atoms with Gasteiger partial charge in [-0.15, -0.1) is 0 Å². The van der Waals surface area contributed by atoms with Crippen molar-refractivity contribution >= 4 is 41.5 Å². The van der Waals surface area contributed by atoms with Crippen molar-refractivity contribution in [2.24, 2.45) is 23.0 Å². The molecule has 8 amide bonds. The predicted octanol–water partition coefficient (Wildman–Crippen LogP) is -0.419. The Labute approximate surface area is 313 Å². The van der Waals surface area contributed by atoms with Gasteiger partial charge >= 0.3 is 6.03 Å². The van der Waals surface area contributed by atoms with Gasteiger partial charge in [0.05, 0.1) is 52.9 Å². The quantitative estimate of drug-likeness (QED) is 0.0442. The number of urea groups is 1. The third kappa shape index (κ3) is 21.4. The van der Waals surface area contributed by atoms with Gasteiger partial charge in [-0.1, -0.05) is 34.6 Å². The van der Waals surface area contributed by atoms with Crippen LogP contribution in [0.5, 0.6) is 0 Å². The number of imide groups is 1. The number of nitrogens with zero attached hydrogens (tertiary/aromatic N) is 1. The number of primary amides is 1. The van der Waals surface area contributed by atoms with Gasteiger partial charge in [0.1, 0.15) is 12.1 Å². The number of amides is 8. The van der Waals surface area contributed by atoms with Crippen molar-refractivity contribution in [3.8, 4) is 0 Å². The lowest BCUT2D eigenvalue weighted by Crippen LogP contribution is -2.55. The summed E-state index contributed by atoms with van der Waals surface area (Å²) in [5, 5.41) is 13.0. The van der Waals surface area contributed by atoms with Gasteiger partial charge in [0.2, 0.25) is 35.4 Å². The highest BCUT2D eigenvalue weighted by Gasteiger charge is 2.40. The maximum absolute atomic E-state index is 12.9. The Morgan fingerprint density at radius 3 is 1.92 bits per heavy atom. The van der Waals surface area contributed by atoms with E-state index >= 15 is 0 Å². The summed E-state index contributed by atoms with van der Waals surface area (Å²) in [4.78, 5) is 86.7. The number of likely N-dealkylation sites (N-methyl/N-ethyl adjacent to an activating group) is 1.